The first kappa shape index (κ1) is 18.3. The molecule has 3 nitrogen and oxygen atoms in total. The van der Waals surface area contributed by atoms with Gasteiger partial charge in [0.05, 0.1) is 6.61 Å². The average molecular weight is 363 g/mol. The number of fused-ring (bicyclic) bond motifs is 2. The number of hydrogen-bond acceptors (Lipinski definition) is 3. The summed E-state index contributed by atoms with van der Waals surface area (Å²) in [6, 6.07) is 19.3. The SMILES string of the molecule is CN1CCN(CCCCCOc2c3ccccc3cc3ccccc23)CC1. The first-order valence-electron chi connectivity index (χ1n) is 10.3. The Bertz CT molecular complexity index is 830. The second kappa shape index (κ2) is 8.73. The number of piperazine rings is 1. The molecule has 0 amide bonds. The van der Waals surface area contributed by atoms with Gasteiger partial charge in [-0.2, -0.15) is 0 Å². The van der Waals surface area contributed by atoms with Gasteiger partial charge >= 0.3 is 0 Å². The van der Waals surface area contributed by atoms with Crippen LogP contribution in [0.1, 0.15) is 19.3 Å². The van der Waals surface area contributed by atoms with Crippen LogP contribution in [0.15, 0.2) is 54.6 Å². The van der Waals surface area contributed by atoms with Crippen LogP contribution in [0.5, 0.6) is 5.75 Å². The van der Waals surface area contributed by atoms with Crippen molar-refractivity contribution in [2.75, 3.05) is 46.4 Å². The predicted molar refractivity (Wildman–Crippen MR) is 115 cm³/mol. The van der Waals surface area contributed by atoms with E-state index in [-0.39, 0.29) is 0 Å². The minimum atomic E-state index is 0.792. The van der Waals surface area contributed by atoms with Crippen molar-refractivity contribution in [1.29, 1.82) is 0 Å². The van der Waals surface area contributed by atoms with E-state index in [1.807, 2.05) is 0 Å². The lowest BCUT2D eigenvalue weighted by atomic mass is 10.0. The van der Waals surface area contributed by atoms with Crippen molar-refractivity contribution in [2.24, 2.45) is 0 Å². The molecule has 1 fully saturated rings. The molecule has 0 bridgehead atoms. The van der Waals surface area contributed by atoms with Crippen molar-refractivity contribution < 1.29 is 4.74 Å². The number of unbranched alkanes of at least 4 members (excludes halogenated alkanes) is 2. The molecule has 142 valence electrons. The molecule has 0 aromatic heterocycles. The highest BCUT2D eigenvalue weighted by Gasteiger charge is 2.13. The van der Waals surface area contributed by atoms with Crippen molar-refractivity contribution in [3.8, 4) is 5.75 Å². The standard InChI is InChI=1S/C24H30N2O/c1-25-14-16-26(17-15-25)13-7-2-8-18-27-24-22-11-5-3-9-20(22)19-21-10-4-6-12-23(21)24/h3-6,9-12,19H,2,7-8,13-18H2,1H3. The first-order valence-corrected chi connectivity index (χ1v) is 10.3. The zero-order valence-corrected chi connectivity index (χ0v) is 16.4. The molecule has 0 atom stereocenters. The summed E-state index contributed by atoms with van der Waals surface area (Å²) in [7, 11) is 2.21. The zero-order chi connectivity index (χ0) is 18.5. The quantitative estimate of drug-likeness (QED) is 0.444. The van der Waals surface area contributed by atoms with Gasteiger partial charge in [-0.05, 0) is 49.7 Å². The minimum absolute atomic E-state index is 0.792. The molecule has 3 heteroatoms. The third kappa shape index (κ3) is 4.42. The first-order chi connectivity index (χ1) is 13.3. The Morgan fingerprint density at radius 3 is 2.07 bits per heavy atom. The molecule has 1 aliphatic heterocycles. The fourth-order valence-electron chi connectivity index (χ4n) is 3.99. The van der Waals surface area contributed by atoms with E-state index >= 15 is 0 Å². The second-order valence-corrected chi connectivity index (χ2v) is 7.70. The van der Waals surface area contributed by atoms with Crippen molar-refractivity contribution in [2.45, 2.75) is 19.3 Å². The molecule has 0 unspecified atom stereocenters. The summed E-state index contributed by atoms with van der Waals surface area (Å²) < 4.78 is 6.32. The Labute approximate surface area is 162 Å². The molecule has 1 saturated heterocycles. The molecular weight excluding hydrogens is 332 g/mol. The van der Waals surface area contributed by atoms with E-state index in [9.17, 15) is 0 Å². The molecule has 0 radical (unpaired) electrons. The summed E-state index contributed by atoms with van der Waals surface area (Å²) in [5, 5.41) is 4.94. The predicted octanol–water partition coefficient (Wildman–Crippen LogP) is 4.79. The lowest BCUT2D eigenvalue weighted by molar-refractivity contribution is 0.151. The third-order valence-corrected chi connectivity index (χ3v) is 5.68. The number of hydrogen-bond donors (Lipinski definition) is 0. The van der Waals surface area contributed by atoms with Crippen LogP contribution in [0.3, 0.4) is 0 Å². The van der Waals surface area contributed by atoms with Crippen LogP contribution in [0.2, 0.25) is 0 Å². The maximum absolute atomic E-state index is 6.32. The third-order valence-electron chi connectivity index (χ3n) is 5.68. The number of ether oxygens (including phenoxy) is 1. The highest BCUT2D eigenvalue weighted by molar-refractivity contribution is 6.05. The Balaban J connectivity index is 1.33. The molecular formula is C24H30N2O. The summed E-state index contributed by atoms with van der Waals surface area (Å²) >= 11 is 0. The van der Waals surface area contributed by atoms with Crippen LogP contribution in [-0.4, -0.2) is 56.2 Å². The Morgan fingerprint density at radius 2 is 1.41 bits per heavy atom. The zero-order valence-electron chi connectivity index (χ0n) is 16.4. The Kier molecular flexibility index (Phi) is 5.90. The van der Waals surface area contributed by atoms with Crippen LogP contribution < -0.4 is 4.74 Å². The maximum atomic E-state index is 6.32. The Hall–Kier alpha value is -2.10. The fourth-order valence-corrected chi connectivity index (χ4v) is 3.99. The molecule has 1 heterocycles. The van der Waals surface area contributed by atoms with Gasteiger partial charge in [0.1, 0.15) is 5.75 Å². The van der Waals surface area contributed by atoms with Crippen molar-refractivity contribution in [3.63, 3.8) is 0 Å². The lowest BCUT2D eigenvalue weighted by Crippen LogP contribution is -2.44. The van der Waals surface area contributed by atoms with Crippen LogP contribution >= 0.6 is 0 Å². The molecule has 4 rings (SSSR count). The number of rotatable bonds is 7. The van der Waals surface area contributed by atoms with Crippen molar-refractivity contribution >= 4 is 21.5 Å². The van der Waals surface area contributed by atoms with E-state index in [1.165, 1.54) is 67.1 Å². The van der Waals surface area contributed by atoms with Gasteiger partial charge in [0.15, 0.2) is 0 Å². The minimum Gasteiger partial charge on any atom is -0.492 e. The largest absolute Gasteiger partial charge is 0.492 e. The number of nitrogens with zero attached hydrogens (tertiary/aromatic N) is 2. The summed E-state index contributed by atoms with van der Waals surface area (Å²) in [6.07, 6.45) is 3.61. The van der Waals surface area contributed by atoms with Crippen LogP contribution in [0.25, 0.3) is 21.5 Å². The fraction of sp³-hybridized carbons (Fsp3) is 0.417. The molecule has 0 aliphatic carbocycles. The molecule has 0 saturated carbocycles. The summed E-state index contributed by atoms with van der Waals surface area (Å²) in [4.78, 5) is 5.01. The van der Waals surface area contributed by atoms with Gasteiger partial charge in [0, 0.05) is 37.0 Å². The molecule has 0 spiro atoms. The van der Waals surface area contributed by atoms with E-state index < -0.39 is 0 Å². The van der Waals surface area contributed by atoms with E-state index in [0.717, 1.165) is 18.8 Å². The average Bonchev–Trinajstić information content (AvgIpc) is 2.71. The van der Waals surface area contributed by atoms with E-state index in [4.69, 9.17) is 4.74 Å². The van der Waals surface area contributed by atoms with Crippen LogP contribution in [-0.2, 0) is 0 Å². The molecule has 3 aromatic carbocycles. The van der Waals surface area contributed by atoms with Gasteiger partial charge in [-0.15, -0.1) is 0 Å². The van der Waals surface area contributed by atoms with Gasteiger partial charge < -0.3 is 14.5 Å². The number of likely N-dealkylation sites (N-methyl/N-ethyl adjacent to an activating group) is 1. The Morgan fingerprint density at radius 1 is 0.778 bits per heavy atom. The topological polar surface area (TPSA) is 15.7 Å². The smallest absolute Gasteiger partial charge is 0.134 e. The number of benzene rings is 3. The molecule has 1 aliphatic rings. The summed E-state index contributed by atoms with van der Waals surface area (Å²) in [5.74, 6) is 1.04. The highest BCUT2D eigenvalue weighted by atomic mass is 16.5. The molecule has 27 heavy (non-hydrogen) atoms. The van der Waals surface area contributed by atoms with E-state index in [2.05, 4.69) is 71.4 Å². The van der Waals surface area contributed by atoms with Crippen LogP contribution in [0, 0.1) is 0 Å². The van der Waals surface area contributed by atoms with E-state index in [0.29, 0.717) is 0 Å². The van der Waals surface area contributed by atoms with Crippen molar-refractivity contribution in [3.05, 3.63) is 54.6 Å². The molecule has 3 aromatic rings. The lowest BCUT2D eigenvalue weighted by Gasteiger charge is -2.32. The van der Waals surface area contributed by atoms with Gasteiger partial charge in [0.25, 0.3) is 0 Å². The monoisotopic (exact) mass is 362 g/mol. The highest BCUT2D eigenvalue weighted by Crippen LogP contribution is 2.34. The van der Waals surface area contributed by atoms with Gasteiger partial charge in [-0.3, -0.25) is 0 Å². The second-order valence-electron chi connectivity index (χ2n) is 7.70. The van der Waals surface area contributed by atoms with Crippen LogP contribution in [0.4, 0.5) is 0 Å². The maximum Gasteiger partial charge on any atom is 0.134 e. The van der Waals surface area contributed by atoms with E-state index in [1.54, 1.807) is 0 Å². The summed E-state index contributed by atoms with van der Waals surface area (Å²) in [5.41, 5.74) is 0. The van der Waals surface area contributed by atoms with Gasteiger partial charge in [-0.25, -0.2) is 0 Å². The molecule has 0 N–H and O–H groups in total. The van der Waals surface area contributed by atoms with Gasteiger partial charge in [0.2, 0.25) is 0 Å². The normalized spacial score (nSPS) is 16.2. The van der Waals surface area contributed by atoms with Gasteiger partial charge in [-0.1, -0.05) is 48.5 Å². The van der Waals surface area contributed by atoms with Crippen molar-refractivity contribution in [1.82, 2.24) is 9.80 Å². The summed E-state index contributed by atoms with van der Waals surface area (Å²) in [6.45, 7) is 6.87.